The standard InChI is InChI=1S/C19H17F3N2O2/c1-9-3-4-10(2)15(7-9)24-19(26)12-8-11(12)18(25)23-14-6-5-13(20)16(21)17(14)22/h3-7,11-12H,8H2,1-2H3,(H,23,25)(H,24,26). The molecule has 1 fully saturated rings. The lowest BCUT2D eigenvalue weighted by Gasteiger charge is -2.10. The minimum absolute atomic E-state index is 0.301. The predicted molar refractivity (Wildman–Crippen MR) is 91.1 cm³/mol. The first-order valence-corrected chi connectivity index (χ1v) is 8.10. The maximum absolute atomic E-state index is 13.6. The molecule has 2 N–H and O–H groups in total. The lowest BCUT2D eigenvalue weighted by Crippen LogP contribution is -2.21. The summed E-state index contributed by atoms with van der Waals surface area (Å²) in [5, 5.41) is 5.00. The number of hydrogen-bond donors (Lipinski definition) is 2. The summed E-state index contributed by atoms with van der Waals surface area (Å²) in [4.78, 5) is 24.4. The maximum Gasteiger partial charge on any atom is 0.228 e. The first-order valence-electron chi connectivity index (χ1n) is 8.10. The molecule has 1 aliphatic rings. The van der Waals surface area contributed by atoms with E-state index in [1.807, 2.05) is 32.0 Å². The van der Waals surface area contributed by atoms with Crippen LogP contribution in [0.4, 0.5) is 24.5 Å². The van der Waals surface area contributed by atoms with Crippen LogP contribution in [0.25, 0.3) is 0 Å². The number of amides is 2. The average Bonchev–Trinajstić information content (AvgIpc) is 3.39. The van der Waals surface area contributed by atoms with E-state index in [-0.39, 0.29) is 5.91 Å². The number of carbonyl (C=O) groups excluding carboxylic acids is 2. The Morgan fingerprint density at radius 1 is 0.885 bits per heavy atom. The predicted octanol–water partition coefficient (Wildman–Crippen LogP) is 3.93. The zero-order valence-electron chi connectivity index (χ0n) is 14.2. The van der Waals surface area contributed by atoms with Gasteiger partial charge in [0.05, 0.1) is 17.5 Å². The van der Waals surface area contributed by atoms with Gasteiger partial charge >= 0.3 is 0 Å². The summed E-state index contributed by atoms with van der Waals surface area (Å²) in [5.74, 6) is -6.52. The van der Waals surface area contributed by atoms with E-state index in [4.69, 9.17) is 0 Å². The van der Waals surface area contributed by atoms with Gasteiger partial charge in [-0.2, -0.15) is 0 Å². The summed E-state index contributed by atoms with van der Waals surface area (Å²) >= 11 is 0. The molecule has 2 atom stereocenters. The van der Waals surface area contributed by atoms with E-state index in [1.165, 1.54) is 0 Å². The highest BCUT2D eigenvalue weighted by atomic mass is 19.2. The van der Waals surface area contributed by atoms with Crippen molar-refractivity contribution < 1.29 is 22.8 Å². The van der Waals surface area contributed by atoms with Crippen LogP contribution < -0.4 is 10.6 Å². The highest BCUT2D eigenvalue weighted by Gasteiger charge is 2.48. The smallest absolute Gasteiger partial charge is 0.228 e. The summed E-state index contributed by atoms with van der Waals surface area (Å²) in [5.41, 5.74) is 2.11. The monoisotopic (exact) mass is 362 g/mol. The van der Waals surface area contributed by atoms with E-state index in [0.29, 0.717) is 12.1 Å². The topological polar surface area (TPSA) is 58.2 Å². The van der Waals surface area contributed by atoms with Crippen molar-refractivity contribution >= 4 is 23.2 Å². The van der Waals surface area contributed by atoms with Gasteiger partial charge in [0.1, 0.15) is 0 Å². The fourth-order valence-electron chi connectivity index (χ4n) is 2.72. The van der Waals surface area contributed by atoms with Gasteiger partial charge in [-0.05, 0) is 49.6 Å². The van der Waals surface area contributed by atoms with Gasteiger partial charge in [0.15, 0.2) is 17.5 Å². The summed E-state index contributed by atoms with van der Waals surface area (Å²) in [6.45, 7) is 3.76. The second kappa shape index (κ2) is 6.82. The number of hydrogen-bond acceptors (Lipinski definition) is 2. The largest absolute Gasteiger partial charge is 0.326 e. The van der Waals surface area contributed by atoms with Crippen LogP contribution in [0.3, 0.4) is 0 Å². The Kier molecular flexibility index (Phi) is 4.71. The van der Waals surface area contributed by atoms with Crippen LogP contribution in [0.1, 0.15) is 17.5 Å². The zero-order chi connectivity index (χ0) is 19.0. The van der Waals surface area contributed by atoms with Crippen LogP contribution in [0.2, 0.25) is 0 Å². The Morgan fingerprint density at radius 2 is 1.50 bits per heavy atom. The van der Waals surface area contributed by atoms with Crippen molar-refractivity contribution in [2.45, 2.75) is 20.3 Å². The molecule has 0 radical (unpaired) electrons. The Labute approximate surface area is 148 Å². The Hall–Kier alpha value is -2.83. The summed E-state index contributed by atoms with van der Waals surface area (Å²) in [6.07, 6.45) is 0.313. The molecule has 0 saturated heterocycles. The van der Waals surface area contributed by atoms with Crippen LogP contribution in [0.5, 0.6) is 0 Å². The lowest BCUT2D eigenvalue weighted by atomic mass is 10.1. The molecule has 2 amide bonds. The van der Waals surface area contributed by atoms with Gasteiger partial charge in [-0.15, -0.1) is 0 Å². The quantitative estimate of drug-likeness (QED) is 0.810. The molecular weight excluding hydrogens is 345 g/mol. The molecule has 4 nitrogen and oxygen atoms in total. The average molecular weight is 362 g/mol. The summed E-state index contributed by atoms with van der Waals surface area (Å²) in [7, 11) is 0. The number of carbonyl (C=O) groups is 2. The van der Waals surface area contributed by atoms with Crippen molar-refractivity contribution in [3.63, 3.8) is 0 Å². The van der Waals surface area contributed by atoms with Crippen molar-refractivity contribution in [2.24, 2.45) is 11.8 Å². The van der Waals surface area contributed by atoms with Crippen LogP contribution >= 0.6 is 0 Å². The maximum atomic E-state index is 13.6. The minimum Gasteiger partial charge on any atom is -0.326 e. The third-order valence-corrected chi connectivity index (χ3v) is 4.41. The molecule has 0 heterocycles. The molecular formula is C19H17F3N2O2. The summed E-state index contributed by atoms with van der Waals surface area (Å²) in [6, 6.07) is 7.31. The molecule has 7 heteroatoms. The van der Waals surface area contributed by atoms with E-state index in [2.05, 4.69) is 10.6 Å². The van der Waals surface area contributed by atoms with Gasteiger partial charge in [0.2, 0.25) is 11.8 Å². The van der Waals surface area contributed by atoms with Crippen LogP contribution in [-0.2, 0) is 9.59 Å². The number of rotatable bonds is 4. The van der Waals surface area contributed by atoms with Crippen molar-refractivity contribution in [1.29, 1.82) is 0 Å². The van der Waals surface area contributed by atoms with Crippen molar-refractivity contribution in [3.8, 4) is 0 Å². The molecule has 136 valence electrons. The van der Waals surface area contributed by atoms with Crippen molar-refractivity contribution in [2.75, 3.05) is 10.6 Å². The highest BCUT2D eigenvalue weighted by Crippen LogP contribution is 2.40. The molecule has 3 rings (SSSR count). The third kappa shape index (κ3) is 3.56. The first-order chi connectivity index (χ1) is 12.3. The molecule has 1 aliphatic carbocycles. The van der Waals surface area contributed by atoms with Crippen LogP contribution in [-0.4, -0.2) is 11.8 Å². The van der Waals surface area contributed by atoms with Crippen LogP contribution in [0.15, 0.2) is 30.3 Å². The molecule has 0 bridgehead atoms. The first kappa shape index (κ1) is 18.0. The Balaban J connectivity index is 1.63. The molecule has 1 saturated carbocycles. The fourth-order valence-corrected chi connectivity index (χ4v) is 2.72. The van der Waals surface area contributed by atoms with Gasteiger partial charge in [0, 0.05) is 5.69 Å². The van der Waals surface area contributed by atoms with E-state index >= 15 is 0 Å². The number of nitrogens with one attached hydrogen (secondary N) is 2. The molecule has 2 unspecified atom stereocenters. The molecule has 2 aromatic rings. The molecule has 2 aromatic carbocycles. The molecule has 0 spiro atoms. The van der Waals surface area contributed by atoms with Gasteiger partial charge in [-0.25, -0.2) is 13.2 Å². The highest BCUT2D eigenvalue weighted by molar-refractivity contribution is 6.03. The number of benzene rings is 2. The van der Waals surface area contributed by atoms with Crippen LogP contribution in [0, 0.1) is 43.1 Å². The van der Waals surface area contributed by atoms with Gasteiger partial charge in [-0.3, -0.25) is 9.59 Å². The summed E-state index contributed by atoms with van der Waals surface area (Å²) < 4.78 is 39.8. The second-order valence-corrected chi connectivity index (χ2v) is 6.47. The Bertz CT molecular complexity index is 899. The molecule has 26 heavy (non-hydrogen) atoms. The van der Waals surface area contributed by atoms with E-state index in [9.17, 15) is 22.8 Å². The molecule has 0 aromatic heterocycles. The number of aryl methyl sites for hydroxylation is 2. The zero-order valence-corrected chi connectivity index (χ0v) is 14.2. The van der Waals surface area contributed by atoms with E-state index in [0.717, 1.165) is 23.3 Å². The number of halogens is 3. The molecule has 0 aliphatic heterocycles. The van der Waals surface area contributed by atoms with E-state index in [1.54, 1.807) is 0 Å². The fraction of sp³-hybridized carbons (Fsp3) is 0.263. The lowest BCUT2D eigenvalue weighted by molar-refractivity contribution is -0.122. The minimum atomic E-state index is -1.65. The second-order valence-electron chi connectivity index (χ2n) is 6.47. The normalized spacial score (nSPS) is 18.3. The Morgan fingerprint density at radius 3 is 2.15 bits per heavy atom. The van der Waals surface area contributed by atoms with Crippen molar-refractivity contribution in [1.82, 2.24) is 0 Å². The third-order valence-electron chi connectivity index (χ3n) is 4.41. The van der Waals surface area contributed by atoms with E-state index < -0.39 is 40.9 Å². The number of anilines is 2. The van der Waals surface area contributed by atoms with Gasteiger partial charge in [-0.1, -0.05) is 12.1 Å². The SMILES string of the molecule is Cc1ccc(C)c(NC(=O)C2CC2C(=O)Nc2ccc(F)c(F)c2F)c1. The van der Waals surface area contributed by atoms with Gasteiger partial charge < -0.3 is 10.6 Å². The van der Waals surface area contributed by atoms with Crippen molar-refractivity contribution in [3.05, 3.63) is 58.9 Å². The van der Waals surface area contributed by atoms with Gasteiger partial charge in [0.25, 0.3) is 0 Å².